The van der Waals surface area contributed by atoms with Crippen molar-refractivity contribution in [2.45, 2.75) is 12.6 Å². The van der Waals surface area contributed by atoms with Crippen molar-refractivity contribution < 1.29 is 22.7 Å². The van der Waals surface area contributed by atoms with E-state index in [1.807, 2.05) is 0 Å². The summed E-state index contributed by atoms with van der Waals surface area (Å²) >= 11 is 6.19. The highest BCUT2D eigenvalue weighted by molar-refractivity contribution is 6.34. The van der Waals surface area contributed by atoms with E-state index in [9.17, 15) is 18.0 Å². The van der Waals surface area contributed by atoms with E-state index in [0.29, 0.717) is 21.9 Å². The first kappa shape index (κ1) is 16.5. The van der Waals surface area contributed by atoms with Crippen molar-refractivity contribution in [1.29, 1.82) is 0 Å². The molecule has 0 spiro atoms. The Morgan fingerprint density at radius 1 is 1.29 bits per heavy atom. The second-order valence-electron chi connectivity index (χ2n) is 5.22. The van der Waals surface area contributed by atoms with Crippen molar-refractivity contribution in [2.75, 3.05) is 7.11 Å². The highest BCUT2D eigenvalue weighted by atomic mass is 35.5. The van der Waals surface area contributed by atoms with Crippen molar-refractivity contribution in [3.63, 3.8) is 0 Å². The molecular formula is C17H11ClF3NO2. The number of carbonyl (C=O) groups excluding carboxylic acids is 1. The molecule has 0 aliphatic heterocycles. The average Bonchev–Trinajstić information content (AvgIpc) is 2.85. The Morgan fingerprint density at radius 2 is 2.04 bits per heavy atom. The molecule has 0 atom stereocenters. The van der Waals surface area contributed by atoms with Gasteiger partial charge in [-0.3, -0.25) is 9.78 Å². The number of nitrogens with zero attached hydrogens (tertiary/aromatic N) is 1. The highest BCUT2D eigenvalue weighted by Crippen LogP contribution is 2.39. The number of ether oxygens (including phenoxy) is 1. The van der Waals surface area contributed by atoms with Gasteiger partial charge in [0.2, 0.25) is 0 Å². The van der Waals surface area contributed by atoms with E-state index in [2.05, 4.69) is 4.98 Å². The maximum absolute atomic E-state index is 13.1. The number of hydrogen-bond donors (Lipinski definition) is 0. The van der Waals surface area contributed by atoms with Crippen LogP contribution < -0.4 is 4.74 Å². The molecule has 1 aromatic carbocycles. The number of benzene rings is 1. The van der Waals surface area contributed by atoms with Crippen LogP contribution in [0.15, 0.2) is 36.0 Å². The maximum Gasteiger partial charge on any atom is 0.418 e. The summed E-state index contributed by atoms with van der Waals surface area (Å²) in [5, 5.41) is 0.295. The van der Waals surface area contributed by atoms with Gasteiger partial charge in [-0.1, -0.05) is 11.6 Å². The summed E-state index contributed by atoms with van der Waals surface area (Å²) in [7, 11) is 1.45. The van der Waals surface area contributed by atoms with E-state index < -0.39 is 11.7 Å². The van der Waals surface area contributed by atoms with Crippen molar-refractivity contribution in [2.24, 2.45) is 0 Å². The number of pyridine rings is 1. The molecule has 1 aromatic heterocycles. The standard InChI is InChI=1S/C17H11ClF3NO2/c1-24-14-5-4-10-11(15(14)18)7-9(16(10)23)8-13-12(17(19,20)21)3-2-6-22-13/h2-6,8H,7H2,1H3/b9-8+. The SMILES string of the molecule is COc1ccc2c(c1Cl)C/C(=C\c1ncccc1C(F)(F)F)C2=O. The molecule has 0 saturated heterocycles. The van der Waals surface area contributed by atoms with E-state index in [4.69, 9.17) is 16.3 Å². The Bertz CT molecular complexity index is 859. The van der Waals surface area contributed by atoms with E-state index in [1.165, 1.54) is 25.4 Å². The van der Waals surface area contributed by atoms with E-state index >= 15 is 0 Å². The number of rotatable bonds is 2. The van der Waals surface area contributed by atoms with E-state index in [-0.39, 0.29) is 23.5 Å². The predicted molar refractivity (Wildman–Crippen MR) is 83.3 cm³/mol. The molecule has 2 aromatic rings. The Morgan fingerprint density at radius 3 is 2.71 bits per heavy atom. The van der Waals surface area contributed by atoms with Crippen molar-refractivity contribution in [3.05, 3.63) is 63.4 Å². The molecule has 0 N–H and O–H groups in total. The first-order chi connectivity index (χ1) is 11.3. The lowest BCUT2D eigenvalue weighted by Gasteiger charge is -2.09. The zero-order valence-corrected chi connectivity index (χ0v) is 13.2. The number of aromatic nitrogens is 1. The fourth-order valence-corrected chi connectivity index (χ4v) is 2.95. The van der Waals surface area contributed by atoms with Gasteiger partial charge in [-0.05, 0) is 35.9 Å². The zero-order valence-electron chi connectivity index (χ0n) is 12.4. The van der Waals surface area contributed by atoms with Crippen molar-refractivity contribution >= 4 is 23.5 Å². The van der Waals surface area contributed by atoms with Gasteiger partial charge in [0.1, 0.15) is 5.75 Å². The smallest absolute Gasteiger partial charge is 0.418 e. The topological polar surface area (TPSA) is 39.2 Å². The number of Topliss-reactive ketones (excluding diaryl/α,β-unsaturated/α-hetero) is 1. The van der Waals surface area contributed by atoms with Crippen LogP contribution in [-0.2, 0) is 12.6 Å². The largest absolute Gasteiger partial charge is 0.495 e. The third kappa shape index (κ3) is 2.78. The highest BCUT2D eigenvalue weighted by Gasteiger charge is 2.34. The molecule has 0 saturated carbocycles. The van der Waals surface area contributed by atoms with Crippen LogP contribution in [0.25, 0.3) is 6.08 Å². The van der Waals surface area contributed by atoms with Crippen LogP contribution in [0.2, 0.25) is 5.02 Å². The summed E-state index contributed by atoms with van der Waals surface area (Å²) in [4.78, 5) is 16.2. The van der Waals surface area contributed by atoms with Crippen LogP contribution in [0.4, 0.5) is 13.2 Å². The van der Waals surface area contributed by atoms with Crippen LogP contribution in [0, 0.1) is 0 Å². The number of halogens is 4. The summed E-state index contributed by atoms with van der Waals surface area (Å²) in [5.74, 6) is 0.0617. The molecule has 0 unspecified atom stereocenters. The van der Waals surface area contributed by atoms with Gasteiger partial charge in [0, 0.05) is 23.8 Å². The molecule has 7 heteroatoms. The Balaban J connectivity index is 2.06. The summed E-state index contributed by atoms with van der Waals surface area (Å²) in [6.45, 7) is 0. The summed E-state index contributed by atoms with van der Waals surface area (Å²) in [6, 6.07) is 5.26. The summed E-state index contributed by atoms with van der Waals surface area (Å²) in [5.41, 5.74) is -0.0353. The first-order valence-corrected chi connectivity index (χ1v) is 7.33. The maximum atomic E-state index is 13.1. The van der Waals surface area contributed by atoms with E-state index in [1.54, 1.807) is 12.1 Å². The van der Waals surface area contributed by atoms with Gasteiger partial charge in [-0.2, -0.15) is 13.2 Å². The minimum atomic E-state index is -4.55. The molecule has 0 fully saturated rings. The minimum Gasteiger partial charge on any atom is -0.495 e. The fourth-order valence-electron chi connectivity index (χ4n) is 2.64. The molecular weight excluding hydrogens is 343 g/mol. The van der Waals surface area contributed by atoms with Gasteiger partial charge in [-0.25, -0.2) is 0 Å². The molecule has 124 valence electrons. The van der Waals surface area contributed by atoms with Crippen LogP contribution in [0.1, 0.15) is 27.2 Å². The van der Waals surface area contributed by atoms with Crippen molar-refractivity contribution in [1.82, 2.24) is 4.98 Å². The third-order valence-corrected chi connectivity index (χ3v) is 4.20. The third-order valence-electron chi connectivity index (χ3n) is 3.79. The molecule has 1 aliphatic rings. The average molecular weight is 354 g/mol. The molecule has 1 aliphatic carbocycles. The Kier molecular flexibility index (Phi) is 4.09. The summed E-state index contributed by atoms with van der Waals surface area (Å²) < 4.78 is 44.3. The number of carbonyl (C=O) groups is 1. The van der Waals surface area contributed by atoms with Gasteiger partial charge in [0.25, 0.3) is 0 Å². The second-order valence-corrected chi connectivity index (χ2v) is 5.60. The number of allylic oxidation sites excluding steroid dienone is 1. The quantitative estimate of drug-likeness (QED) is 0.741. The zero-order chi connectivity index (χ0) is 17.5. The van der Waals surface area contributed by atoms with E-state index in [0.717, 1.165) is 6.07 Å². The molecule has 0 bridgehead atoms. The van der Waals surface area contributed by atoms with Gasteiger partial charge >= 0.3 is 6.18 Å². The number of ketones is 1. The lowest BCUT2D eigenvalue weighted by atomic mass is 10.1. The molecule has 1 heterocycles. The second kappa shape index (κ2) is 5.94. The molecule has 0 amide bonds. The number of fused-ring (bicyclic) bond motifs is 1. The van der Waals surface area contributed by atoms with Gasteiger partial charge in [-0.15, -0.1) is 0 Å². The van der Waals surface area contributed by atoms with Crippen LogP contribution in [-0.4, -0.2) is 17.9 Å². The molecule has 3 nitrogen and oxygen atoms in total. The molecule has 3 rings (SSSR count). The van der Waals surface area contributed by atoms with Crippen LogP contribution >= 0.6 is 11.6 Å². The Hall–Kier alpha value is -2.34. The van der Waals surface area contributed by atoms with Gasteiger partial charge < -0.3 is 4.74 Å². The van der Waals surface area contributed by atoms with Crippen LogP contribution in [0.5, 0.6) is 5.75 Å². The number of hydrogen-bond acceptors (Lipinski definition) is 3. The monoisotopic (exact) mass is 353 g/mol. The lowest BCUT2D eigenvalue weighted by molar-refractivity contribution is -0.138. The predicted octanol–water partition coefficient (Wildman–Crippen LogP) is 4.58. The fraction of sp³-hybridized carbons (Fsp3) is 0.176. The minimum absolute atomic E-state index is 0.137. The summed E-state index contributed by atoms with van der Waals surface area (Å²) in [6.07, 6.45) is -1.98. The van der Waals surface area contributed by atoms with Gasteiger partial charge in [0.15, 0.2) is 5.78 Å². The van der Waals surface area contributed by atoms with Crippen molar-refractivity contribution in [3.8, 4) is 5.75 Å². The lowest BCUT2D eigenvalue weighted by Crippen LogP contribution is -2.09. The molecule has 0 radical (unpaired) electrons. The van der Waals surface area contributed by atoms with Gasteiger partial charge in [0.05, 0.1) is 23.4 Å². The molecule has 24 heavy (non-hydrogen) atoms. The number of alkyl halides is 3. The number of methoxy groups -OCH3 is 1. The van der Waals surface area contributed by atoms with Crippen LogP contribution in [0.3, 0.4) is 0 Å². The first-order valence-electron chi connectivity index (χ1n) is 6.95. The Labute approximate surface area is 140 Å². The normalized spacial score (nSPS) is 15.7.